The van der Waals surface area contributed by atoms with Gasteiger partial charge in [-0.25, -0.2) is 9.97 Å². The maximum atomic E-state index is 13.7. The number of hydrogen-bond acceptors (Lipinski definition) is 9. The number of fused-ring (bicyclic) bond motifs is 2. The molecule has 1 saturated heterocycles. The minimum Gasteiger partial charge on any atom is -0.493 e. The number of hydrogen-bond donors (Lipinski definition) is 0. The molecule has 1 aliphatic carbocycles. The van der Waals surface area contributed by atoms with Crippen LogP contribution < -0.4 is 14.4 Å². The van der Waals surface area contributed by atoms with Gasteiger partial charge in [0.15, 0.2) is 11.5 Å². The van der Waals surface area contributed by atoms with Crippen molar-refractivity contribution in [3.63, 3.8) is 0 Å². The van der Waals surface area contributed by atoms with Crippen molar-refractivity contribution in [2.45, 2.75) is 25.7 Å². The molecule has 1 saturated carbocycles. The van der Waals surface area contributed by atoms with Gasteiger partial charge in [0, 0.05) is 43.6 Å². The van der Waals surface area contributed by atoms with E-state index < -0.39 is 0 Å². The molecule has 2 atom stereocenters. The minimum absolute atomic E-state index is 0.0373. The Morgan fingerprint density at radius 1 is 0.944 bits per heavy atom. The number of piperazine rings is 1. The lowest BCUT2D eigenvalue weighted by Crippen LogP contribution is -2.58. The lowest BCUT2D eigenvalue weighted by molar-refractivity contribution is -0.159. The SMILES string of the molecule is COc1ccc(C2=NN(N3CCN(c4ncnc5sccc45)CC3)C(=O)C3CCCCC23)cc1OC. The molecule has 2 unspecified atom stereocenters. The van der Waals surface area contributed by atoms with Crippen LogP contribution >= 0.6 is 11.3 Å². The molecular weight excluding hydrogens is 476 g/mol. The zero-order valence-electron chi connectivity index (χ0n) is 20.6. The zero-order chi connectivity index (χ0) is 24.6. The molecule has 2 aromatic heterocycles. The molecule has 2 aliphatic heterocycles. The number of anilines is 1. The van der Waals surface area contributed by atoms with Crippen LogP contribution in [0.1, 0.15) is 31.2 Å². The first-order valence-corrected chi connectivity index (χ1v) is 13.4. The van der Waals surface area contributed by atoms with Gasteiger partial charge in [-0.05, 0) is 42.5 Å². The monoisotopic (exact) mass is 506 g/mol. The lowest BCUT2D eigenvalue weighted by atomic mass is 9.73. The van der Waals surface area contributed by atoms with Crippen molar-refractivity contribution in [2.75, 3.05) is 45.3 Å². The number of amides is 1. The molecule has 3 aliphatic rings. The Balaban J connectivity index is 1.28. The molecule has 1 aromatic carbocycles. The second-order valence-corrected chi connectivity index (χ2v) is 10.4. The summed E-state index contributed by atoms with van der Waals surface area (Å²) in [7, 11) is 3.28. The molecule has 6 rings (SSSR count). The van der Waals surface area contributed by atoms with Crippen LogP contribution in [0.2, 0.25) is 0 Å². The average molecular weight is 507 g/mol. The normalized spacial score (nSPS) is 22.9. The Hall–Kier alpha value is -3.24. The van der Waals surface area contributed by atoms with Gasteiger partial charge in [-0.15, -0.1) is 11.3 Å². The number of aromatic nitrogens is 2. The maximum absolute atomic E-state index is 13.7. The standard InChI is InChI=1S/C26H30N6O3S/c1-34-21-8-7-17(15-22(21)35-2)23-18-5-3-4-6-19(18)26(33)32(29-23)31-12-10-30(11-13-31)24-20-9-14-36-25(20)28-16-27-24/h7-9,14-16,18-19H,3-6,10-13H2,1-2H3. The van der Waals surface area contributed by atoms with Gasteiger partial charge in [0.1, 0.15) is 17.0 Å². The van der Waals surface area contributed by atoms with Crippen molar-refractivity contribution < 1.29 is 14.3 Å². The second-order valence-electron chi connectivity index (χ2n) is 9.46. The molecule has 3 aromatic rings. The van der Waals surface area contributed by atoms with Gasteiger partial charge in [-0.2, -0.15) is 15.2 Å². The van der Waals surface area contributed by atoms with E-state index in [2.05, 4.69) is 31.3 Å². The fraction of sp³-hybridized carbons (Fsp3) is 0.462. The van der Waals surface area contributed by atoms with E-state index in [1.165, 1.54) is 0 Å². The third-order valence-corrected chi connectivity index (χ3v) is 8.40. The van der Waals surface area contributed by atoms with Gasteiger partial charge in [-0.3, -0.25) is 4.79 Å². The Kier molecular flexibility index (Phi) is 6.22. The van der Waals surface area contributed by atoms with Gasteiger partial charge >= 0.3 is 0 Å². The predicted molar refractivity (Wildman–Crippen MR) is 140 cm³/mol. The number of nitrogens with zero attached hydrogens (tertiary/aromatic N) is 6. The molecule has 9 nitrogen and oxygen atoms in total. The fourth-order valence-corrected chi connectivity index (χ4v) is 6.45. The molecule has 0 N–H and O–H groups in total. The number of hydrazone groups is 1. The molecule has 188 valence electrons. The summed E-state index contributed by atoms with van der Waals surface area (Å²) >= 11 is 1.63. The van der Waals surface area contributed by atoms with E-state index >= 15 is 0 Å². The van der Waals surface area contributed by atoms with E-state index in [1.807, 2.05) is 18.2 Å². The van der Waals surface area contributed by atoms with Crippen LogP contribution in [-0.4, -0.2) is 72.1 Å². The van der Waals surface area contributed by atoms with Crippen LogP contribution in [0.25, 0.3) is 10.2 Å². The number of methoxy groups -OCH3 is 2. The number of rotatable bonds is 5. The number of carbonyl (C=O) groups is 1. The third kappa shape index (κ3) is 3.98. The second kappa shape index (κ2) is 9.67. The van der Waals surface area contributed by atoms with Crippen LogP contribution in [-0.2, 0) is 4.79 Å². The highest BCUT2D eigenvalue weighted by atomic mass is 32.1. The van der Waals surface area contributed by atoms with Crippen molar-refractivity contribution in [3.8, 4) is 11.5 Å². The highest BCUT2D eigenvalue weighted by Gasteiger charge is 2.43. The van der Waals surface area contributed by atoms with Crippen LogP contribution in [0.3, 0.4) is 0 Å². The van der Waals surface area contributed by atoms with Crippen LogP contribution in [0.4, 0.5) is 5.82 Å². The van der Waals surface area contributed by atoms with E-state index in [4.69, 9.17) is 14.6 Å². The van der Waals surface area contributed by atoms with Crippen molar-refractivity contribution in [3.05, 3.63) is 41.5 Å². The van der Waals surface area contributed by atoms with E-state index in [1.54, 1.807) is 37.0 Å². The smallest absolute Gasteiger partial charge is 0.261 e. The Labute approximate surface area is 214 Å². The van der Waals surface area contributed by atoms with Gasteiger partial charge in [-0.1, -0.05) is 12.8 Å². The summed E-state index contributed by atoms with van der Waals surface area (Å²) in [5, 5.41) is 11.9. The topological polar surface area (TPSA) is 83.4 Å². The Morgan fingerprint density at radius 2 is 1.72 bits per heavy atom. The summed E-state index contributed by atoms with van der Waals surface area (Å²) in [6, 6.07) is 8.01. The molecule has 36 heavy (non-hydrogen) atoms. The van der Waals surface area contributed by atoms with Gasteiger partial charge in [0.2, 0.25) is 0 Å². The molecular formula is C26H30N6O3S. The highest BCUT2D eigenvalue weighted by Crippen LogP contribution is 2.39. The highest BCUT2D eigenvalue weighted by molar-refractivity contribution is 7.16. The van der Waals surface area contributed by atoms with Crippen molar-refractivity contribution >= 4 is 39.0 Å². The number of hydrazine groups is 1. The first kappa shape index (κ1) is 23.2. The van der Waals surface area contributed by atoms with Crippen LogP contribution in [0, 0.1) is 11.8 Å². The zero-order valence-corrected chi connectivity index (χ0v) is 21.4. The van der Waals surface area contributed by atoms with Crippen molar-refractivity contribution in [1.82, 2.24) is 20.1 Å². The summed E-state index contributed by atoms with van der Waals surface area (Å²) in [6.45, 7) is 2.92. The largest absolute Gasteiger partial charge is 0.493 e. The van der Waals surface area contributed by atoms with Gasteiger partial charge in [0.25, 0.3) is 5.91 Å². The van der Waals surface area contributed by atoms with E-state index in [-0.39, 0.29) is 17.7 Å². The van der Waals surface area contributed by atoms with Gasteiger partial charge in [0.05, 0.1) is 25.3 Å². The molecule has 0 radical (unpaired) electrons. The Morgan fingerprint density at radius 3 is 2.50 bits per heavy atom. The number of benzene rings is 1. The molecule has 1 amide bonds. The number of thiophene rings is 1. The number of ether oxygens (including phenoxy) is 2. The predicted octanol–water partition coefficient (Wildman–Crippen LogP) is 3.80. The fourth-order valence-electron chi connectivity index (χ4n) is 5.72. The summed E-state index contributed by atoms with van der Waals surface area (Å²) in [5.74, 6) is 2.55. The summed E-state index contributed by atoms with van der Waals surface area (Å²) in [5.41, 5.74) is 1.96. The maximum Gasteiger partial charge on any atom is 0.261 e. The molecule has 2 fully saturated rings. The quantitative estimate of drug-likeness (QED) is 0.521. The first-order chi connectivity index (χ1) is 17.7. The summed E-state index contributed by atoms with van der Waals surface area (Å²) in [4.78, 5) is 25.9. The van der Waals surface area contributed by atoms with Crippen molar-refractivity contribution in [2.24, 2.45) is 16.9 Å². The van der Waals surface area contributed by atoms with Gasteiger partial charge < -0.3 is 14.4 Å². The first-order valence-electron chi connectivity index (χ1n) is 12.5. The van der Waals surface area contributed by atoms with Crippen molar-refractivity contribution in [1.29, 1.82) is 0 Å². The van der Waals surface area contributed by atoms with E-state index in [9.17, 15) is 4.79 Å². The lowest BCUT2D eigenvalue weighted by Gasteiger charge is -2.44. The van der Waals surface area contributed by atoms with Crippen LogP contribution in [0.5, 0.6) is 11.5 Å². The summed E-state index contributed by atoms with van der Waals surface area (Å²) < 4.78 is 11.0. The molecule has 4 heterocycles. The van der Waals surface area contributed by atoms with Crippen LogP contribution in [0.15, 0.2) is 41.1 Å². The van der Waals surface area contributed by atoms with E-state index in [0.717, 1.165) is 66.1 Å². The number of carbonyl (C=O) groups excluding carboxylic acids is 1. The Bertz CT molecular complexity index is 1300. The molecule has 0 spiro atoms. The third-order valence-electron chi connectivity index (χ3n) is 7.58. The van der Waals surface area contributed by atoms with E-state index in [0.29, 0.717) is 24.6 Å². The summed E-state index contributed by atoms with van der Waals surface area (Å²) in [6.07, 6.45) is 5.73. The average Bonchev–Trinajstić information content (AvgIpc) is 3.42. The molecule has 0 bridgehead atoms. The minimum atomic E-state index is -0.0373. The molecule has 10 heteroatoms.